The standard InChI is InChI=1S/C18H28N6O2/c1-3-22(4-2)18(26)15-9-13(19)12-24(15)16-11-20-10-14(21-16)17(25)23-7-5-6-8-23/h10-11,13,15H,3-9,12,19H2,1-2H3/t13-,15+/m1/s1. The first-order chi connectivity index (χ1) is 12.5. The first-order valence-electron chi connectivity index (χ1n) is 9.47. The van der Waals surface area contributed by atoms with E-state index in [-0.39, 0.29) is 23.9 Å². The molecule has 2 saturated heterocycles. The highest BCUT2D eigenvalue weighted by Crippen LogP contribution is 2.25. The van der Waals surface area contributed by atoms with Gasteiger partial charge in [-0.15, -0.1) is 0 Å². The number of likely N-dealkylation sites (N-methyl/N-ethyl adjacent to an activating group) is 1. The van der Waals surface area contributed by atoms with Crippen molar-refractivity contribution in [2.75, 3.05) is 37.6 Å². The van der Waals surface area contributed by atoms with Gasteiger partial charge in [0.1, 0.15) is 17.6 Å². The number of nitrogens with zero attached hydrogens (tertiary/aromatic N) is 5. The summed E-state index contributed by atoms with van der Waals surface area (Å²) in [5.41, 5.74) is 6.47. The van der Waals surface area contributed by atoms with E-state index in [0.29, 0.717) is 37.6 Å². The molecular weight excluding hydrogens is 332 g/mol. The van der Waals surface area contributed by atoms with Crippen LogP contribution in [0.5, 0.6) is 0 Å². The van der Waals surface area contributed by atoms with Crippen LogP contribution >= 0.6 is 0 Å². The number of aromatic nitrogens is 2. The maximum absolute atomic E-state index is 12.9. The molecule has 2 aliphatic rings. The maximum Gasteiger partial charge on any atom is 0.274 e. The van der Waals surface area contributed by atoms with E-state index >= 15 is 0 Å². The lowest BCUT2D eigenvalue weighted by Gasteiger charge is -2.29. The Morgan fingerprint density at radius 2 is 1.92 bits per heavy atom. The monoisotopic (exact) mass is 360 g/mol. The molecular formula is C18H28N6O2. The smallest absolute Gasteiger partial charge is 0.274 e. The number of carbonyl (C=O) groups excluding carboxylic acids is 2. The minimum atomic E-state index is -0.351. The van der Waals surface area contributed by atoms with Crippen LogP contribution in [0.2, 0.25) is 0 Å². The summed E-state index contributed by atoms with van der Waals surface area (Å²) in [7, 11) is 0. The molecule has 0 unspecified atom stereocenters. The Morgan fingerprint density at radius 1 is 1.23 bits per heavy atom. The Balaban J connectivity index is 1.83. The molecule has 1 aromatic heterocycles. The van der Waals surface area contributed by atoms with E-state index in [9.17, 15) is 9.59 Å². The van der Waals surface area contributed by atoms with Crippen molar-refractivity contribution in [3.8, 4) is 0 Å². The quantitative estimate of drug-likeness (QED) is 0.821. The summed E-state index contributed by atoms with van der Waals surface area (Å²) in [4.78, 5) is 39.7. The molecule has 2 fully saturated rings. The van der Waals surface area contributed by atoms with Crippen LogP contribution in [0.1, 0.15) is 43.6 Å². The first kappa shape index (κ1) is 18.6. The zero-order valence-corrected chi connectivity index (χ0v) is 15.6. The fourth-order valence-electron chi connectivity index (χ4n) is 3.78. The van der Waals surface area contributed by atoms with E-state index in [0.717, 1.165) is 25.9 Å². The second-order valence-electron chi connectivity index (χ2n) is 6.94. The van der Waals surface area contributed by atoms with Crippen molar-refractivity contribution in [3.05, 3.63) is 18.1 Å². The predicted molar refractivity (Wildman–Crippen MR) is 98.8 cm³/mol. The molecule has 1 aromatic rings. The summed E-state index contributed by atoms with van der Waals surface area (Å²) in [5.74, 6) is 0.515. The maximum atomic E-state index is 12.9. The Labute approximate surface area is 154 Å². The van der Waals surface area contributed by atoms with Gasteiger partial charge in [0.05, 0.1) is 12.4 Å². The fraction of sp³-hybridized carbons (Fsp3) is 0.667. The van der Waals surface area contributed by atoms with Gasteiger partial charge in [0.25, 0.3) is 5.91 Å². The summed E-state index contributed by atoms with van der Waals surface area (Å²) in [6, 6.07) is -0.449. The molecule has 2 amide bonds. The Morgan fingerprint density at radius 3 is 2.58 bits per heavy atom. The molecule has 8 heteroatoms. The third-order valence-electron chi connectivity index (χ3n) is 5.22. The van der Waals surface area contributed by atoms with Crippen molar-refractivity contribution < 1.29 is 9.59 Å². The van der Waals surface area contributed by atoms with Crippen LogP contribution in [0.15, 0.2) is 12.4 Å². The zero-order chi connectivity index (χ0) is 18.7. The highest BCUT2D eigenvalue weighted by Gasteiger charge is 2.38. The van der Waals surface area contributed by atoms with E-state index in [1.807, 2.05) is 28.5 Å². The highest BCUT2D eigenvalue weighted by molar-refractivity contribution is 5.92. The molecule has 0 aromatic carbocycles. The lowest BCUT2D eigenvalue weighted by atomic mass is 10.1. The number of anilines is 1. The Bertz CT molecular complexity index is 657. The minimum Gasteiger partial charge on any atom is -0.342 e. The van der Waals surface area contributed by atoms with Gasteiger partial charge < -0.3 is 20.4 Å². The molecule has 2 N–H and O–H groups in total. The number of nitrogens with two attached hydrogens (primary N) is 1. The zero-order valence-electron chi connectivity index (χ0n) is 15.6. The van der Waals surface area contributed by atoms with Gasteiger partial charge in [0, 0.05) is 38.8 Å². The molecule has 0 spiro atoms. The second-order valence-corrected chi connectivity index (χ2v) is 6.94. The number of carbonyl (C=O) groups is 2. The summed E-state index contributed by atoms with van der Waals surface area (Å²) in [6.45, 7) is 7.33. The normalized spacial score (nSPS) is 22.7. The number of hydrogen-bond acceptors (Lipinski definition) is 6. The molecule has 8 nitrogen and oxygen atoms in total. The van der Waals surface area contributed by atoms with Gasteiger partial charge in [0.2, 0.25) is 5.91 Å². The van der Waals surface area contributed by atoms with Gasteiger partial charge in [0.15, 0.2) is 0 Å². The van der Waals surface area contributed by atoms with Gasteiger partial charge in [-0.05, 0) is 33.1 Å². The molecule has 26 heavy (non-hydrogen) atoms. The lowest BCUT2D eigenvalue weighted by molar-refractivity contribution is -0.132. The fourth-order valence-corrected chi connectivity index (χ4v) is 3.78. The Kier molecular flexibility index (Phi) is 5.70. The van der Waals surface area contributed by atoms with Crippen LogP contribution in [-0.4, -0.2) is 76.4 Å². The van der Waals surface area contributed by atoms with Crippen molar-refractivity contribution in [2.24, 2.45) is 5.73 Å². The molecule has 142 valence electrons. The van der Waals surface area contributed by atoms with Crippen LogP contribution in [0.3, 0.4) is 0 Å². The third-order valence-corrected chi connectivity index (χ3v) is 5.22. The lowest BCUT2D eigenvalue weighted by Crippen LogP contribution is -2.46. The van der Waals surface area contributed by atoms with Crippen molar-refractivity contribution in [2.45, 2.75) is 45.2 Å². The topological polar surface area (TPSA) is 95.7 Å². The van der Waals surface area contributed by atoms with Gasteiger partial charge >= 0.3 is 0 Å². The molecule has 3 heterocycles. The van der Waals surface area contributed by atoms with Crippen LogP contribution < -0.4 is 10.6 Å². The third kappa shape index (κ3) is 3.65. The van der Waals surface area contributed by atoms with Crippen LogP contribution in [-0.2, 0) is 4.79 Å². The largest absolute Gasteiger partial charge is 0.342 e. The number of hydrogen-bond donors (Lipinski definition) is 1. The molecule has 2 atom stereocenters. The van der Waals surface area contributed by atoms with E-state index in [4.69, 9.17) is 5.73 Å². The SMILES string of the molecule is CCN(CC)C(=O)[C@@H]1C[C@@H](N)CN1c1cncc(C(=O)N2CCCC2)n1. The van der Waals surface area contributed by atoms with E-state index in [1.54, 1.807) is 6.20 Å². The van der Waals surface area contributed by atoms with E-state index in [2.05, 4.69) is 9.97 Å². The summed E-state index contributed by atoms with van der Waals surface area (Å²) in [5, 5.41) is 0. The average Bonchev–Trinajstić information content (AvgIpc) is 3.32. The molecule has 0 aliphatic carbocycles. The summed E-state index contributed by atoms with van der Waals surface area (Å²) >= 11 is 0. The molecule has 0 bridgehead atoms. The van der Waals surface area contributed by atoms with Gasteiger partial charge in [-0.3, -0.25) is 14.6 Å². The van der Waals surface area contributed by atoms with Crippen LogP contribution in [0.4, 0.5) is 5.82 Å². The van der Waals surface area contributed by atoms with Gasteiger partial charge in [-0.2, -0.15) is 0 Å². The van der Waals surface area contributed by atoms with Crippen molar-refractivity contribution >= 4 is 17.6 Å². The molecule has 3 rings (SSSR count). The minimum absolute atomic E-state index is 0.0565. The number of amides is 2. The predicted octanol–water partition coefficient (Wildman–Crippen LogP) is 0.487. The molecule has 2 aliphatic heterocycles. The van der Waals surface area contributed by atoms with E-state index in [1.165, 1.54) is 6.20 Å². The van der Waals surface area contributed by atoms with Crippen molar-refractivity contribution in [3.63, 3.8) is 0 Å². The van der Waals surface area contributed by atoms with Crippen molar-refractivity contribution in [1.82, 2.24) is 19.8 Å². The molecule has 0 radical (unpaired) electrons. The van der Waals surface area contributed by atoms with Gasteiger partial charge in [-0.25, -0.2) is 4.98 Å². The van der Waals surface area contributed by atoms with Crippen LogP contribution in [0, 0.1) is 0 Å². The van der Waals surface area contributed by atoms with E-state index < -0.39 is 0 Å². The Hall–Kier alpha value is -2.22. The average molecular weight is 360 g/mol. The summed E-state index contributed by atoms with van der Waals surface area (Å²) < 4.78 is 0. The van der Waals surface area contributed by atoms with Gasteiger partial charge in [-0.1, -0.05) is 0 Å². The number of rotatable bonds is 5. The number of likely N-dealkylation sites (tertiary alicyclic amines) is 1. The summed E-state index contributed by atoms with van der Waals surface area (Å²) in [6.07, 6.45) is 5.75. The first-order valence-corrected chi connectivity index (χ1v) is 9.47. The highest BCUT2D eigenvalue weighted by atomic mass is 16.2. The van der Waals surface area contributed by atoms with Crippen molar-refractivity contribution in [1.29, 1.82) is 0 Å². The second kappa shape index (κ2) is 7.99. The van der Waals surface area contributed by atoms with Crippen LogP contribution in [0.25, 0.3) is 0 Å². The molecule has 0 saturated carbocycles.